The summed E-state index contributed by atoms with van der Waals surface area (Å²) in [6.07, 6.45) is 13.4. The van der Waals surface area contributed by atoms with E-state index in [0.29, 0.717) is 12.2 Å². The maximum absolute atomic E-state index is 11.5. The molecule has 2 saturated heterocycles. The van der Waals surface area contributed by atoms with E-state index in [-0.39, 0.29) is 5.97 Å². The quantitative estimate of drug-likeness (QED) is 0.103. The molecule has 2 heterocycles. The molecule has 3 rings (SSSR count). The lowest BCUT2D eigenvalue weighted by molar-refractivity contribution is -0.134. The number of aryl methyl sites for hydroxylation is 1. The standard InChI is InChI=1S/C24H36O2S7/c1-3-11-20-22-17-23(30-31-29-22)21(28-33-32-27-20)15-9-7-5-6-8-12-18-13-10-14-19(16-18)26-24(25)4-2/h10,13-14,16,20-23H,3-9,11-12,15,17H2,1-2H3. The Morgan fingerprint density at radius 2 is 1.58 bits per heavy atom. The molecule has 4 unspecified atom stereocenters. The number of carbonyl (C=O) groups is 1. The van der Waals surface area contributed by atoms with Crippen molar-refractivity contribution >= 4 is 78.6 Å². The Kier molecular flexibility index (Phi) is 14.6. The second-order valence-electron chi connectivity index (χ2n) is 8.55. The molecule has 0 aromatic heterocycles. The molecular formula is C24H36O2S7. The van der Waals surface area contributed by atoms with Gasteiger partial charge in [0.2, 0.25) is 0 Å². The highest BCUT2D eigenvalue weighted by Crippen LogP contribution is 2.60. The van der Waals surface area contributed by atoms with Crippen molar-refractivity contribution in [2.75, 3.05) is 0 Å². The van der Waals surface area contributed by atoms with Gasteiger partial charge < -0.3 is 4.74 Å². The Bertz CT molecular complexity index is 705. The summed E-state index contributed by atoms with van der Waals surface area (Å²) < 4.78 is 5.34. The lowest BCUT2D eigenvalue weighted by Crippen LogP contribution is -2.30. The Labute approximate surface area is 227 Å². The van der Waals surface area contributed by atoms with Gasteiger partial charge in [0.25, 0.3) is 0 Å². The van der Waals surface area contributed by atoms with Crippen LogP contribution in [-0.2, 0) is 11.2 Å². The summed E-state index contributed by atoms with van der Waals surface area (Å²) in [5.74, 6) is 0.517. The van der Waals surface area contributed by atoms with Gasteiger partial charge in [0.05, 0.1) is 0 Å². The predicted molar refractivity (Wildman–Crippen MR) is 162 cm³/mol. The normalized spacial score (nSPS) is 25.6. The lowest BCUT2D eigenvalue weighted by Gasteiger charge is -2.34. The van der Waals surface area contributed by atoms with Crippen LogP contribution < -0.4 is 4.74 Å². The van der Waals surface area contributed by atoms with Gasteiger partial charge >= 0.3 is 5.97 Å². The average Bonchev–Trinajstić information content (AvgIpc) is 2.88. The fourth-order valence-electron chi connectivity index (χ4n) is 4.04. The van der Waals surface area contributed by atoms with E-state index in [2.05, 4.69) is 66.0 Å². The number of ether oxygens (including phenoxy) is 1. The predicted octanol–water partition coefficient (Wildman–Crippen LogP) is 10.3. The average molecular weight is 581 g/mol. The second kappa shape index (κ2) is 16.8. The maximum atomic E-state index is 11.5. The van der Waals surface area contributed by atoms with Gasteiger partial charge in [0.1, 0.15) is 5.75 Å². The van der Waals surface area contributed by atoms with Crippen LogP contribution in [-0.4, -0.2) is 27.0 Å². The van der Waals surface area contributed by atoms with Crippen LogP contribution in [0.2, 0.25) is 0 Å². The van der Waals surface area contributed by atoms with Crippen molar-refractivity contribution in [3.63, 3.8) is 0 Å². The molecule has 33 heavy (non-hydrogen) atoms. The number of fused-ring (bicyclic) bond motifs is 2. The van der Waals surface area contributed by atoms with Gasteiger partial charge in [-0.15, -0.1) is 0 Å². The summed E-state index contributed by atoms with van der Waals surface area (Å²) in [5, 5.41) is 3.24. The Morgan fingerprint density at radius 3 is 2.30 bits per heavy atom. The third-order valence-electron chi connectivity index (χ3n) is 5.92. The Balaban J connectivity index is 1.33. The van der Waals surface area contributed by atoms with Crippen LogP contribution >= 0.6 is 72.7 Å². The first kappa shape index (κ1) is 28.7. The molecule has 0 radical (unpaired) electrons. The second-order valence-corrected chi connectivity index (χ2v) is 19.4. The van der Waals surface area contributed by atoms with E-state index in [1.54, 1.807) is 0 Å². The monoisotopic (exact) mass is 580 g/mol. The van der Waals surface area contributed by atoms with E-state index < -0.39 is 0 Å². The Morgan fingerprint density at radius 1 is 0.879 bits per heavy atom. The first-order valence-electron chi connectivity index (χ1n) is 12.1. The zero-order chi connectivity index (χ0) is 23.3. The highest BCUT2D eigenvalue weighted by Gasteiger charge is 2.36. The van der Waals surface area contributed by atoms with Crippen molar-refractivity contribution in [2.45, 2.75) is 105 Å². The molecule has 2 nitrogen and oxygen atoms in total. The van der Waals surface area contributed by atoms with Crippen molar-refractivity contribution in [2.24, 2.45) is 0 Å². The zero-order valence-electron chi connectivity index (χ0n) is 19.6. The number of unbranched alkanes of at least 4 members (excludes halogenated alkanes) is 4. The van der Waals surface area contributed by atoms with Gasteiger partial charge in [0.15, 0.2) is 0 Å². The maximum Gasteiger partial charge on any atom is 0.310 e. The third kappa shape index (κ3) is 10.6. The van der Waals surface area contributed by atoms with Crippen LogP contribution in [0.1, 0.15) is 83.6 Å². The van der Waals surface area contributed by atoms with E-state index in [1.165, 1.54) is 63.4 Å². The number of hydrogen-bond acceptors (Lipinski definition) is 9. The van der Waals surface area contributed by atoms with Crippen molar-refractivity contribution in [3.05, 3.63) is 29.8 Å². The molecule has 186 valence electrons. The molecule has 1 aromatic rings. The molecule has 0 saturated carbocycles. The van der Waals surface area contributed by atoms with Crippen LogP contribution in [0.3, 0.4) is 0 Å². The van der Waals surface area contributed by atoms with E-state index in [1.807, 2.05) is 44.8 Å². The molecule has 2 bridgehead atoms. The summed E-state index contributed by atoms with van der Waals surface area (Å²) in [6, 6.07) is 8.02. The molecular weight excluding hydrogens is 545 g/mol. The van der Waals surface area contributed by atoms with Gasteiger partial charge in [-0.25, -0.2) is 0 Å². The van der Waals surface area contributed by atoms with Crippen LogP contribution in [0, 0.1) is 0 Å². The summed E-state index contributed by atoms with van der Waals surface area (Å²) in [7, 11) is 14.7. The lowest BCUT2D eigenvalue weighted by atomic mass is 10.0. The highest BCUT2D eigenvalue weighted by atomic mass is 33.7. The molecule has 2 aliphatic heterocycles. The largest absolute Gasteiger partial charge is 0.427 e. The third-order valence-corrected chi connectivity index (χ3v) is 18.7. The summed E-state index contributed by atoms with van der Waals surface area (Å²) >= 11 is 0. The minimum Gasteiger partial charge on any atom is -0.427 e. The summed E-state index contributed by atoms with van der Waals surface area (Å²) in [6.45, 7) is 4.16. The number of carbonyl (C=O) groups excluding carboxylic acids is 1. The fourth-order valence-corrected chi connectivity index (χ4v) is 18.9. The summed E-state index contributed by atoms with van der Waals surface area (Å²) in [5.41, 5.74) is 1.27. The van der Waals surface area contributed by atoms with Gasteiger partial charge in [-0.2, -0.15) is 0 Å². The summed E-state index contributed by atoms with van der Waals surface area (Å²) in [4.78, 5) is 11.5. The van der Waals surface area contributed by atoms with Crippen LogP contribution in [0.4, 0.5) is 0 Å². The van der Waals surface area contributed by atoms with Gasteiger partial charge in [-0.3, -0.25) is 4.79 Å². The molecule has 2 fully saturated rings. The van der Waals surface area contributed by atoms with Gasteiger partial charge in [-0.1, -0.05) is 101 Å². The van der Waals surface area contributed by atoms with Crippen molar-refractivity contribution < 1.29 is 9.53 Å². The molecule has 0 N–H and O–H groups in total. The molecule has 9 heteroatoms. The van der Waals surface area contributed by atoms with E-state index in [4.69, 9.17) is 4.74 Å². The van der Waals surface area contributed by atoms with Gasteiger partial charge in [-0.05, 0) is 79.3 Å². The van der Waals surface area contributed by atoms with E-state index in [9.17, 15) is 4.79 Å². The first-order valence-corrected chi connectivity index (χ1v) is 20.7. The van der Waals surface area contributed by atoms with E-state index in [0.717, 1.165) is 27.4 Å². The van der Waals surface area contributed by atoms with Crippen molar-refractivity contribution in [3.8, 4) is 5.75 Å². The van der Waals surface area contributed by atoms with Crippen LogP contribution in [0.5, 0.6) is 5.75 Å². The SMILES string of the molecule is CCCC1SSSSC(CCCCCCCc2cccc(OC(=O)CC)c2)C2CC1SSS2. The molecule has 1 aromatic carbocycles. The number of hydrogen-bond donors (Lipinski definition) is 0. The van der Waals surface area contributed by atoms with Crippen LogP contribution in [0.15, 0.2) is 24.3 Å². The highest BCUT2D eigenvalue weighted by molar-refractivity contribution is 9.26. The number of rotatable bonds is 12. The topological polar surface area (TPSA) is 26.3 Å². The fraction of sp³-hybridized carbons (Fsp3) is 0.708. The van der Waals surface area contributed by atoms with Gasteiger partial charge in [0, 0.05) is 27.4 Å². The molecule has 2 aliphatic rings. The van der Waals surface area contributed by atoms with E-state index >= 15 is 0 Å². The number of benzene rings is 1. The molecule has 4 atom stereocenters. The molecule has 0 aliphatic carbocycles. The smallest absolute Gasteiger partial charge is 0.310 e. The number of esters is 1. The van der Waals surface area contributed by atoms with Crippen molar-refractivity contribution in [1.82, 2.24) is 0 Å². The minimum atomic E-state index is -0.166. The molecule has 0 spiro atoms. The van der Waals surface area contributed by atoms with Crippen molar-refractivity contribution in [1.29, 1.82) is 0 Å². The zero-order valence-corrected chi connectivity index (χ0v) is 25.3. The van der Waals surface area contributed by atoms with Crippen LogP contribution in [0.25, 0.3) is 0 Å². The molecule has 0 amide bonds. The minimum absolute atomic E-state index is 0.166. The first-order chi connectivity index (χ1) is 16.2. The Hall–Kier alpha value is 1.14.